The Morgan fingerprint density at radius 3 is 2.62 bits per heavy atom. The summed E-state index contributed by atoms with van der Waals surface area (Å²) in [5, 5.41) is 6.77. The molecule has 166 valence electrons. The van der Waals surface area contributed by atoms with Gasteiger partial charge in [0, 0.05) is 16.2 Å². The Labute approximate surface area is 192 Å². The van der Waals surface area contributed by atoms with Gasteiger partial charge in [-0.3, -0.25) is 9.59 Å². The summed E-state index contributed by atoms with van der Waals surface area (Å²) in [6.07, 6.45) is 0. The summed E-state index contributed by atoms with van der Waals surface area (Å²) in [6.45, 7) is 1.29. The normalized spacial score (nSPS) is 10.3. The van der Waals surface area contributed by atoms with Crippen molar-refractivity contribution < 1.29 is 23.8 Å². The van der Waals surface area contributed by atoms with Crippen molar-refractivity contribution in [3.05, 3.63) is 75.1 Å². The molecule has 0 fully saturated rings. The van der Waals surface area contributed by atoms with Crippen LogP contribution in [0.15, 0.2) is 63.9 Å². The molecule has 1 aromatic heterocycles. The molecule has 1 amide bonds. The second kappa shape index (κ2) is 10.6. The molecule has 0 aliphatic carbocycles. The van der Waals surface area contributed by atoms with Gasteiger partial charge < -0.3 is 19.5 Å². The van der Waals surface area contributed by atoms with Crippen LogP contribution in [0.5, 0.6) is 11.5 Å². The Morgan fingerprint density at radius 1 is 1.12 bits per heavy atom. The number of benzene rings is 2. The molecule has 0 spiro atoms. The van der Waals surface area contributed by atoms with Crippen LogP contribution in [0.2, 0.25) is 0 Å². The number of rotatable bonds is 8. The lowest BCUT2D eigenvalue weighted by Crippen LogP contribution is -2.27. The maximum absolute atomic E-state index is 12.6. The van der Waals surface area contributed by atoms with Gasteiger partial charge in [-0.05, 0) is 37.3 Å². The zero-order valence-electron chi connectivity index (χ0n) is 17.3. The van der Waals surface area contributed by atoms with E-state index in [0.717, 1.165) is 15.2 Å². The minimum absolute atomic E-state index is 0.103. The van der Waals surface area contributed by atoms with Crippen LogP contribution < -0.4 is 20.3 Å². The molecule has 3 aromatic rings. The number of methoxy groups -OCH3 is 1. The first kappa shape index (κ1) is 23.0. The van der Waals surface area contributed by atoms with E-state index in [2.05, 4.69) is 26.3 Å². The molecule has 32 heavy (non-hydrogen) atoms. The number of halogens is 1. The fraction of sp³-hybridized carbons (Fsp3) is 0.182. The highest BCUT2D eigenvalue weighted by Gasteiger charge is 2.20. The van der Waals surface area contributed by atoms with Crippen molar-refractivity contribution in [2.45, 2.75) is 6.92 Å². The highest BCUT2D eigenvalue weighted by Crippen LogP contribution is 2.19. The number of nitrogens with zero attached hydrogens (tertiary/aromatic N) is 2. The quantitative estimate of drug-likeness (QED) is 0.472. The molecule has 0 radical (unpaired) electrons. The molecule has 0 atom stereocenters. The summed E-state index contributed by atoms with van der Waals surface area (Å²) < 4.78 is 17.4. The topological polar surface area (TPSA) is 109 Å². The number of hydrogen-bond donors (Lipinski definition) is 1. The molecule has 10 heteroatoms. The highest BCUT2D eigenvalue weighted by atomic mass is 79.9. The van der Waals surface area contributed by atoms with Crippen molar-refractivity contribution in [3.63, 3.8) is 0 Å². The van der Waals surface area contributed by atoms with Crippen molar-refractivity contribution >= 4 is 33.5 Å². The van der Waals surface area contributed by atoms with Gasteiger partial charge in [0.05, 0.1) is 25.5 Å². The van der Waals surface area contributed by atoms with Gasteiger partial charge in [-0.2, -0.15) is 9.78 Å². The number of carbonyl (C=O) groups is 2. The molecule has 0 bridgehead atoms. The number of amides is 1. The molecule has 0 unspecified atom stereocenters. The van der Waals surface area contributed by atoms with E-state index in [1.165, 1.54) is 7.11 Å². The predicted octanol–water partition coefficient (Wildman–Crippen LogP) is 3.20. The van der Waals surface area contributed by atoms with Crippen molar-refractivity contribution in [1.29, 1.82) is 0 Å². The molecule has 2 aromatic carbocycles. The van der Waals surface area contributed by atoms with Crippen LogP contribution in [-0.2, 0) is 9.53 Å². The lowest BCUT2D eigenvalue weighted by atomic mass is 10.3. The van der Waals surface area contributed by atoms with Crippen molar-refractivity contribution in [3.8, 4) is 17.2 Å². The van der Waals surface area contributed by atoms with Gasteiger partial charge in [-0.1, -0.05) is 28.1 Å². The molecular weight excluding hydrogens is 482 g/mol. The standard InChI is InChI=1S/C22H20BrN3O6/c1-3-31-22(29)21-18(12-20(28)26(25-21)16-8-4-6-14(23)10-16)32-13-19(27)24-15-7-5-9-17(11-15)30-2/h4-12H,3,13H2,1-2H3,(H,24,27). The van der Waals surface area contributed by atoms with E-state index in [-0.39, 0.29) is 18.1 Å². The van der Waals surface area contributed by atoms with E-state index in [1.807, 2.05) is 0 Å². The number of hydrogen-bond acceptors (Lipinski definition) is 7. The third kappa shape index (κ3) is 5.73. The van der Waals surface area contributed by atoms with Crippen LogP contribution in [0.25, 0.3) is 5.69 Å². The average molecular weight is 502 g/mol. The summed E-state index contributed by atoms with van der Waals surface area (Å²) in [7, 11) is 1.52. The first-order valence-corrected chi connectivity index (χ1v) is 10.3. The minimum atomic E-state index is -0.778. The molecular formula is C22H20BrN3O6. The van der Waals surface area contributed by atoms with Gasteiger partial charge in [-0.15, -0.1) is 0 Å². The molecule has 0 aliphatic rings. The van der Waals surface area contributed by atoms with Gasteiger partial charge >= 0.3 is 5.97 Å². The van der Waals surface area contributed by atoms with Gasteiger partial charge in [0.25, 0.3) is 11.5 Å². The summed E-state index contributed by atoms with van der Waals surface area (Å²) >= 11 is 3.34. The third-order valence-electron chi connectivity index (χ3n) is 4.13. The van der Waals surface area contributed by atoms with E-state index in [9.17, 15) is 14.4 Å². The first-order valence-electron chi connectivity index (χ1n) is 9.55. The van der Waals surface area contributed by atoms with Gasteiger partial charge in [-0.25, -0.2) is 4.79 Å². The molecule has 1 N–H and O–H groups in total. The minimum Gasteiger partial charge on any atom is -0.497 e. The van der Waals surface area contributed by atoms with Crippen molar-refractivity contribution in [2.75, 3.05) is 25.6 Å². The Balaban J connectivity index is 1.84. The van der Waals surface area contributed by atoms with Crippen LogP contribution in [0, 0.1) is 0 Å². The number of esters is 1. The SMILES string of the molecule is CCOC(=O)c1nn(-c2cccc(Br)c2)c(=O)cc1OCC(=O)Nc1cccc(OC)c1. The van der Waals surface area contributed by atoms with Crippen LogP contribution in [0.1, 0.15) is 17.4 Å². The second-order valence-corrected chi connectivity index (χ2v) is 7.29. The molecule has 0 saturated heterocycles. The molecule has 3 rings (SSSR count). The zero-order chi connectivity index (χ0) is 23.1. The van der Waals surface area contributed by atoms with Gasteiger partial charge in [0.2, 0.25) is 5.69 Å². The lowest BCUT2D eigenvalue weighted by molar-refractivity contribution is -0.118. The Kier molecular flexibility index (Phi) is 7.61. The molecule has 1 heterocycles. The predicted molar refractivity (Wildman–Crippen MR) is 121 cm³/mol. The summed E-state index contributed by atoms with van der Waals surface area (Å²) in [5.74, 6) is -0.849. The van der Waals surface area contributed by atoms with Crippen LogP contribution in [-0.4, -0.2) is 42.0 Å². The Hall–Kier alpha value is -3.66. The van der Waals surface area contributed by atoms with E-state index in [1.54, 1.807) is 55.5 Å². The maximum atomic E-state index is 12.6. The van der Waals surface area contributed by atoms with Gasteiger partial charge in [0.1, 0.15) is 5.75 Å². The Morgan fingerprint density at radius 2 is 1.91 bits per heavy atom. The number of nitrogens with one attached hydrogen (secondary N) is 1. The number of ether oxygens (including phenoxy) is 3. The smallest absolute Gasteiger partial charge is 0.362 e. The fourth-order valence-corrected chi connectivity index (χ4v) is 3.11. The molecule has 0 aliphatic heterocycles. The van der Waals surface area contributed by atoms with Crippen molar-refractivity contribution in [2.24, 2.45) is 0 Å². The molecule has 9 nitrogen and oxygen atoms in total. The van der Waals surface area contributed by atoms with Crippen LogP contribution in [0.3, 0.4) is 0 Å². The first-order chi connectivity index (χ1) is 15.4. The van der Waals surface area contributed by atoms with E-state index in [0.29, 0.717) is 17.1 Å². The third-order valence-corrected chi connectivity index (χ3v) is 4.62. The Bertz CT molecular complexity index is 1190. The van der Waals surface area contributed by atoms with Crippen LogP contribution >= 0.6 is 15.9 Å². The van der Waals surface area contributed by atoms with E-state index in [4.69, 9.17) is 14.2 Å². The van der Waals surface area contributed by atoms with E-state index >= 15 is 0 Å². The summed E-state index contributed by atoms with van der Waals surface area (Å²) in [4.78, 5) is 37.4. The number of carbonyl (C=O) groups excluding carboxylic acids is 2. The fourth-order valence-electron chi connectivity index (χ4n) is 2.73. The number of anilines is 1. The largest absolute Gasteiger partial charge is 0.497 e. The maximum Gasteiger partial charge on any atom is 0.362 e. The second-order valence-electron chi connectivity index (χ2n) is 6.38. The summed E-state index contributed by atoms with van der Waals surface area (Å²) in [5.41, 5.74) is 0.184. The monoisotopic (exact) mass is 501 g/mol. The van der Waals surface area contributed by atoms with E-state index < -0.39 is 24.0 Å². The highest BCUT2D eigenvalue weighted by molar-refractivity contribution is 9.10. The van der Waals surface area contributed by atoms with Crippen molar-refractivity contribution in [1.82, 2.24) is 9.78 Å². The zero-order valence-corrected chi connectivity index (χ0v) is 18.9. The molecule has 0 saturated carbocycles. The summed E-state index contributed by atoms with van der Waals surface area (Å²) in [6, 6.07) is 14.7. The van der Waals surface area contributed by atoms with Gasteiger partial charge in [0.15, 0.2) is 12.4 Å². The van der Waals surface area contributed by atoms with Crippen LogP contribution in [0.4, 0.5) is 5.69 Å². The lowest BCUT2D eigenvalue weighted by Gasteiger charge is -2.13. The number of aromatic nitrogens is 2. The average Bonchev–Trinajstić information content (AvgIpc) is 2.78.